The summed E-state index contributed by atoms with van der Waals surface area (Å²) in [7, 11) is 4.37. The Kier molecular flexibility index (Phi) is 4.88. The van der Waals surface area contributed by atoms with E-state index < -0.39 is 0 Å². The van der Waals surface area contributed by atoms with Crippen molar-refractivity contribution in [2.24, 2.45) is 5.92 Å². The van der Waals surface area contributed by atoms with Crippen molar-refractivity contribution in [2.45, 2.75) is 44.4 Å². The highest BCUT2D eigenvalue weighted by atomic mass is 32.2. The molecule has 1 saturated carbocycles. The second-order valence-corrected chi connectivity index (χ2v) is 8.48. The summed E-state index contributed by atoms with van der Waals surface area (Å²) in [6.45, 7) is 3.09. The quantitative estimate of drug-likeness (QED) is 0.799. The van der Waals surface area contributed by atoms with Crippen LogP contribution >= 0.6 is 11.9 Å². The molecule has 0 spiro atoms. The molecule has 2 aromatic heterocycles. The van der Waals surface area contributed by atoms with Crippen molar-refractivity contribution in [3.63, 3.8) is 0 Å². The van der Waals surface area contributed by atoms with Crippen molar-refractivity contribution in [3.8, 4) is 0 Å². The highest BCUT2D eigenvalue weighted by Crippen LogP contribution is 2.37. The maximum Gasteiger partial charge on any atom is 0.142 e. The van der Waals surface area contributed by atoms with Crippen molar-refractivity contribution in [2.75, 3.05) is 31.4 Å². The normalized spacial score (nSPS) is 29.3. The Morgan fingerprint density at radius 3 is 2.92 bits per heavy atom. The van der Waals surface area contributed by atoms with Gasteiger partial charge in [0.25, 0.3) is 0 Å². The lowest BCUT2D eigenvalue weighted by Gasteiger charge is -2.42. The molecule has 1 aliphatic heterocycles. The molecule has 136 valence electrons. The van der Waals surface area contributed by atoms with Crippen molar-refractivity contribution in [1.29, 1.82) is 0 Å². The van der Waals surface area contributed by atoms with Crippen molar-refractivity contribution in [3.05, 3.63) is 18.6 Å². The van der Waals surface area contributed by atoms with Crippen LogP contribution in [-0.2, 0) is 4.74 Å². The summed E-state index contributed by atoms with van der Waals surface area (Å²) >= 11 is 1.98. The smallest absolute Gasteiger partial charge is 0.142 e. The molecule has 1 aliphatic carbocycles. The van der Waals surface area contributed by atoms with Crippen LogP contribution in [0.4, 0.5) is 5.82 Å². The number of anilines is 1. The minimum atomic E-state index is 0.360. The summed E-state index contributed by atoms with van der Waals surface area (Å²) in [6, 6.07) is 3.21. The zero-order chi connectivity index (χ0) is 17.4. The Morgan fingerprint density at radius 2 is 2.16 bits per heavy atom. The van der Waals surface area contributed by atoms with Crippen LogP contribution < -0.4 is 4.90 Å². The molecule has 2 atom stereocenters. The van der Waals surface area contributed by atoms with Crippen LogP contribution in [0.1, 0.15) is 26.2 Å². The van der Waals surface area contributed by atoms with Crippen LogP contribution in [0.2, 0.25) is 0 Å². The van der Waals surface area contributed by atoms with Gasteiger partial charge in [0.15, 0.2) is 0 Å². The fourth-order valence-electron chi connectivity index (χ4n) is 3.98. The van der Waals surface area contributed by atoms with Gasteiger partial charge in [-0.3, -0.25) is 0 Å². The summed E-state index contributed by atoms with van der Waals surface area (Å²) in [5.74, 6) is 3.03. The fraction of sp³-hybridized carbons (Fsp3) is 0.667. The van der Waals surface area contributed by atoms with Gasteiger partial charge in [0.2, 0.25) is 0 Å². The second kappa shape index (κ2) is 7.13. The van der Waals surface area contributed by atoms with E-state index in [1.807, 2.05) is 18.1 Å². The summed E-state index contributed by atoms with van der Waals surface area (Å²) in [6.07, 6.45) is 7.57. The third-order valence-electron chi connectivity index (χ3n) is 5.74. The number of fused-ring (bicyclic) bond motifs is 1. The molecule has 0 bridgehead atoms. The van der Waals surface area contributed by atoms with E-state index in [-0.39, 0.29) is 0 Å². The number of H-pyrrole nitrogens is 1. The average molecular weight is 362 g/mol. The number of aromatic amines is 1. The molecule has 2 unspecified atom stereocenters. The second-order valence-electron chi connectivity index (χ2n) is 7.31. The third kappa shape index (κ3) is 3.37. The number of nitrogens with one attached hydrogen (secondary N) is 1. The zero-order valence-corrected chi connectivity index (χ0v) is 16.0. The topological polar surface area (TPSA) is 57.3 Å². The number of ether oxygens (including phenoxy) is 1. The van der Waals surface area contributed by atoms with Crippen molar-refractivity contribution >= 4 is 28.8 Å². The Labute approximate surface area is 153 Å². The number of hydrogen-bond donors (Lipinski definition) is 1. The van der Waals surface area contributed by atoms with Gasteiger partial charge in [-0.15, -0.1) is 0 Å². The first-order valence-electron chi connectivity index (χ1n) is 9.11. The van der Waals surface area contributed by atoms with Crippen molar-refractivity contribution in [1.82, 2.24) is 19.3 Å². The van der Waals surface area contributed by atoms with Gasteiger partial charge in [-0.25, -0.2) is 14.3 Å². The molecule has 1 N–H and O–H groups in total. The lowest BCUT2D eigenvalue weighted by Crippen LogP contribution is -2.44. The SMILES string of the molecule is CC1OCCC1N(C)SC[C@H]1C[C@@H](N(C)c2ncnc3[nH]ccc23)C1. The van der Waals surface area contributed by atoms with Gasteiger partial charge in [0, 0.05) is 37.7 Å². The molecular weight excluding hydrogens is 334 g/mol. The Balaban J connectivity index is 1.28. The van der Waals surface area contributed by atoms with Crippen LogP contribution in [0.15, 0.2) is 18.6 Å². The minimum Gasteiger partial charge on any atom is -0.377 e. The predicted octanol–water partition coefficient (Wildman–Crippen LogP) is 2.93. The number of aromatic nitrogens is 3. The van der Waals surface area contributed by atoms with E-state index in [0.29, 0.717) is 18.2 Å². The average Bonchev–Trinajstić information content (AvgIpc) is 3.20. The standard InChI is InChI=1S/C18H27N5OS/c1-12-16(5-7-24-12)23(3)25-10-13-8-14(9-13)22(2)18-15-4-6-19-17(15)20-11-21-18/h4,6,11-14,16H,5,7-10H2,1-3H3,(H,19,20,21)/t12?,13-,14+,16?. The third-order valence-corrected chi connectivity index (χ3v) is 7.04. The first-order valence-corrected chi connectivity index (χ1v) is 10.1. The first kappa shape index (κ1) is 17.1. The van der Waals surface area contributed by atoms with Crippen LogP contribution in [0, 0.1) is 5.92 Å². The van der Waals surface area contributed by atoms with E-state index >= 15 is 0 Å². The van der Waals surface area contributed by atoms with E-state index in [1.165, 1.54) is 18.6 Å². The number of hydrogen-bond acceptors (Lipinski definition) is 6. The van der Waals surface area contributed by atoms with E-state index in [0.717, 1.165) is 35.8 Å². The molecule has 1 saturated heterocycles. The van der Waals surface area contributed by atoms with Gasteiger partial charge >= 0.3 is 0 Å². The molecular formula is C18H27N5OS. The Morgan fingerprint density at radius 1 is 1.32 bits per heavy atom. The molecule has 0 radical (unpaired) electrons. The molecule has 0 amide bonds. The highest BCUT2D eigenvalue weighted by molar-refractivity contribution is 7.97. The predicted molar refractivity (Wildman–Crippen MR) is 103 cm³/mol. The van der Waals surface area contributed by atoms with Gasteiger partial charge in [0.1, 0.15) is 17.8 Å². The van der Waals surface area contributed by atoms with Crippen LogP contribution in [0.25, 0.3) is 11.0 Å². The molecule has 7 heteroatoms. The summed E-state index contributed by atoms with van der Waals surface area (Å²) in [5, 5.41) is 1.11. The highest BCUT2D eigenvalue weighted by Gasteiger charge is 2.35. The van der Waals surface area contributed by atoms with E-state index in [4.69, 9.17) is 4.74 Å². The Hall–Kier alpha value is -1.31. The van der Waals surface area contributed by atoms with Crippen LogP contribution in [0.5, 0.6) is 0 Å². The molecule has 6 nitrogen and oxygen atoms in total. The Bertz CT molecular complexity index is 716. The minimum absolute atomic E-state index is 0.360. The number of likely N-dealkylation sites (N-methyl/N-ethyl adjacent to an activating group) is 1. The summed E-state index contributed by atoms with van der Waals surface area (Å²) in [5.41, 5.74) is 0.915. The van der Waals surface area contributed by atoms with Gasteiger partial charge in [-0.1, -0.05) is 11.9 Å². The van der Waals surface area contributed by atoms with Crippen LogP contribution in [-0.4, -0.2) is 63.9 Å². The zero-order valence-electron chi connectivity index (χ0n) is 15.2. The number of nitrogens with zero attached hydrogens (tertiary/aromatic N) is 4. The molecule has 0 aromatic carbocycles. The molecule has 2 aliphatic rings. The molecule has 2 fully saturated rings. The molecule has 2 aromatic rings. The van der Waals surface area contributed by atoms with Gasteiger partial charge in [-0.05, 0) is 45.2 Å². The van der Waals surface area contributed by atoms with E-state index in [9.17, 15) is 0 Å². The summed E-state index contributed by atoms with van der Waals surface area (Å²) < 4.78 is 8.10. The lowest BCUT2D eigenvalue weighted by molar-refractivity contribution is 0.104. The molecule has 25 heavy (non-hydrogen) atoms. The maximum absolute atomic E-state index is 5.68. The van der Waals surface area contributed by atoms with Crippen LogP contribution in [0.3, 0.4) is 0 Å². The van der Waals surface area contributed by atoms with E-state index in [1.54, 1.807) is 6.33 Å². The summed E-state index contributed by atoms with van der Waals surface area (Å²) in [4.78, 5) is 14.3. The van der Waals surface area contributed by atoms with Gasteiger partial charge in [-0.2, -0.15) is 0 Å². The van der Waals surface area contributed by atoms with Gasteiger partial charge in [0.05, 0.1) is 11.5 Å². The maximum atomic E-state index is 5.68. The number of rotatable bonds is 6. The van der Waals surface area contributed by atoms with Crippen molar-refractivity contribution < 1.29 is 4.74 Å². The fourth-order valence-corrected chi connectivity index (χ4v) is 5.17. The molecule has 3 heterocycles. The molecule has 4 rings (SSSR count). The first-order chi connectivity index (χ1) is 12.1. The van der Waals surface area contributed by atoms with Gasteiger partial charge < -0.3 is 14.6 Å². The van der Waals surface area contributed by atoms with E-state index in [2.05, 4.69) is 51.2 Å². The lowest BCUT2D eigenvalue weighted by atomic mass is 9.81. The monoisotopic (exact) mass is 361 g/mol. The largest absolute Gasteiger partial charge is 0.377 e.